The van der Waals surface area contributed by atoms with Crippen molar-refractivity contribution in [3.8, 4) is 0 Å². The fraction of sp³-hybridized carbons (Fsp3) is 1.00. The Hall–Kier alpha value is 0. The summed E-state index contributed by atoms with van der Waals surface area (Å²) in [6.45, 7) is 7.17. The van der Waals surface area contributed by atoms with Crippen molar-refractivity contribution in [2.75, 3.05) is 0 Å². The SMILES string of the molecule is CCCC1(C)C2CC21CC. The molecule has 0 radical (unpaired) electrons. The van der Waals surface area contributed by atoms with Crippen LogP contribution in [0.4, 0.5) is 0 Å². The van der Waals surface area contributed by atoms with Crippen LogP contribution in [0.3, 0.4) is 0 Å². The van der Waals surface area contributed by atoms with Crippen LogP contribution in [-0.2, 0) is 0 Å². The minimum absolute atomic E-state index is 0.802. The van der Waals surface area contributed by atoms with E-state index in [9.17, 15) is 0 Å². The van der Waals surface area contributed by atoms with Gasteiger partial charge in [0.1, 0.15) is 0 Å². The molecule has 2 aliphatic rings. The van der Waals surface area contributed by atoms with Gasteiger partial charge in [-0.1, -0.05) is 27.2 Å². The predicted molar refractivity (Wildman–Crippen MR) is 43.8 cm³/mol. The summed E-state index contributed by atoms with van der Waals surface area (Å²) in [4.78, 5) is 0. The number of fused-ring (bicyclic) bond motifs is 1. The molecule has 2 aliphatic carbocycles. The van der Waals surface area contributed by atoms with E-state index in [0.29, 0.717) is 0 Å². The zero-order valence-electron chi connectivity index (χ0n) is 7.41. The van der Waals surface area contributed by atoms with Gasteiger partial charge in [-0.15, -0.1) is 0 Å². The third-order valence-electron chi connectivity index (χ3n) is 4.30. The molecule has 0 aromatic carbocycles. The standard InChI is InChI=1S/C10H18/c1-4-6-9(3)8-7-10(8,9)5-2/h8H,4-7H2,1-3H3. The third-order valence-corrected chi connectivity index (χ3v) is 4.30. The lowest BCUT2D eigenvalue weighted by atomic mass is 9.84. The lowest BCUT2D eigenvalue weighted by molar-refractivity contribution is 0.294. The molecule has 0 spiro atoms. The maximum absolute atomic E-state index is 2.49. The minimum Gasteiger partial charge on any atom is -0.0654 e. The van der Waals surface area contributed by atoms with Crippen molar-refractivity contribution in [3.63, 3.8) is 0 Å². The van der Waals surface area contributed by atoms with E-state index in [0.717, 1.165) is 16.7 Å². The van der Waals surface area contributed by atoms with Gasteiger partial charge < -0.3 is 0 Å². The summed E-state index contributed by atoms with van der Waals surface area (Å²) in [6.07, 6.45) is 5.86. The van der Waals surface area contributed by atoms with Gasteiger partial charge in [0.2, 0.25) is 0 Å². The Morgan fingerprint density at radius 2 is 2.10 bits per heavy atom. The molecule has 2 fully saturated rings. The fourth-order valence-electron chi connectivity index (χ4n) is 3.32. The average molecular weight is 138 g/mol. The predicted octanol–water partition coefficient (Wildman–Crippen LogP) is 3.22. The molecule has 0 nitrogen and oxygen atoms in total. The second kappa shape index (κ2) is 1.60. The van der Waals surface area contributed by atoms with Gasteiger partial charge in [-0.2, -0.15) is 0 Å². The van der Waals surface area contributed by atoms with E-state index in [1.807, 2.05) is 0 Å². The molecule has 0 aromatic rings. The van der Waals surface area contributed by atoms with Crippen molar-refractivity contribution in [1.29, 1.82) is 0 Å². The van der Waals surface area contributed by atoms with Crippen molar-refractivity contribution in [1.82, 2.24) is 0 Å². The Morgan fingerprint density at radius 3 is 2.40 bits per heavy atom. The topological polar surface area (TPSA) is 0 Å². The summed E-state index contributed by atoms with van der Waals surface area (Å²) in [7, 11) is 0. The molecule has 0 aromatic heterocycles. The van der Waals surface area contributed by atoms with E-state index in [4.69, 9.17) is 0 Å². The van der Waals surface area contributed by atoms with Crippen LogP contribution < -0.4 is 0 Å². The van der Waals surface area contributed by atoms with E-state index in [1.54, 1.807) is 6.42 Å². The maximum atomic E-state index is 2.49. The van der Waals surface area contributed by atoms with Crippen LogP contribution in [-0.4, -0.2) is 0 Å². The van der Waals surface area contributed by atoms with Gasteiger partial charge in [-0.25, -0.2) is 0 Å². The van der Waals surface area contributed by atoms with Crippen LogP contribution in [0.1, 0.15) is 46.5 Å². The number of rotatable bonds is 3. The first-order chi connectivity index (χ1) is 4.71. The molecule has 58 valence electrons. The van der Waals surface area contributed by atoms with Crippen LogP contribution in [0, 0.1) is 16.7 Å². The van der Waals surface area contributed by atoms with Crippen molar-refractivity contribution in [2.45, 2.75) is 46.5 Å². The van der Waals surface area contributed by atoms with E-state index in [2.05, 4.69) is 20.8 Å². The highest BCUT2D eigenvalue weighted by Gasteiger charge is 2.83. The Kier molecular flexibility index (Phi) is 1.07. The quantitative estimate of drug-likeness (QED) is 0.561. The summed E-state index contributed by atoms with van der Waals surface area (Å²) < 4.78 is 0. The van der Waals surface area contributed by atoms with Gasteiger partial charge >= 0.3 is 0 Å². The van der Waals surface area contributed by atoms with Crippen molar-refractivity contribution >= 4 is 0 Å². The molecule has 0 aliphatic heterocycles. The van der Waals surface area contributed by atoms with Crippen molar-refractivity contribution in [3.05, 3.63) is 0 Å². The van der Waals surface area contributed by atoms with Crippen LogP contribution >= 0.6 is 0 Å². The molecule has 0 heteroatoms. The first kappa shape index (κ1) is 6.69. The highest BCUT2D eigenvalue weighted by molar-refractivity contribution is 5.31. The Labute approximate surface area is 64.0 Å². The van der Waals surface area contributed by atoms with E-state index in [-0.39, 0.29) is 0 Å². The first-order valence-electron chi connectivity index (χ1n) is 4.71. The highest BCUT2D eigenvalue weighted by atomic mass is 14.9. The molecule has 3 atom stereocenters. The number of hydrogen-bond acceptors (Lipinski definition) is 0. The van der Waals surface area contributed by atoms with Crippen LogP contribution in [0.15, 0.2) is 0 Å². The summed E-state index contributed by atoms with van der Waals surface area (Å²) >= 11 is 0. The summed E-state index contributed by atoms with van der Waals surface area (Å²) in [5, 5.41) is 0. The normalized spacial score (nSPS) is 56.1. The lowest BCUT2D eigenvalue weighted by Crippen LogP contribution is -2.11. The molecular formula is C10H18. The van der Waals surface area contributed by atoms with Gasteiger partial charge in [0.15, 0.2) is 0 Å². The molecule has 0 amide bonds. The van der Waals surface area contributed by atoms with Crippen LogP contribution in [0.2, 0.25) is 0 Å². The summed E-state index contributed by atoms with van der Waals surface area (Å²) in [5.74, 6) is 1.14. The Morgan fingerprint density at radius 1 is 1.40 bits per heavy atom. The third kappa shape index (κ3) is 0.466. The van der Waals surface area contributed by atoms with Crippen LogP contribution in [0.25, 0.3) is 0 Å². The number of hydrogen-bond donors (Lipinski definition) is 0. The first-order valence-corrected chi connectivity index (χ1v) is 4.71. The molecule has 3 unspecified atom stereocenters. The van der Waals surface area contributed by atoms with Gasteiger partial charge in [0.05, 0.1) is 0 Å². The molecule has 0 bridgehead atoms. The smallest absolute Gasteiger partial charge is 0.0206 e. The zero-order chi connectivity index (χ0) is 7.41. The second-order valence-corrected chi connectivity index (χ2v) is 4.43. The minimum atomic E-state index is 0.802. The molecule has 0 heterocycles. The molecule has 10 heavy (non-hydrogen) atoms. The van der Waals surface area contributed by atoms with Crippen molar-refractivity contribution in [2.24, 2.45) is 16.7 Å². The van der Waals surface area contributed by atoms with Gasteiger partial charge in [0.25, 0.3) is 0 Å². The molecule has 2 rings (SSSR count). The Bertz CT molecular complexity index is 161. The second-order valence-electron chi connectivity index (χ2n) is 4.43. The summed E-state index contributed by atoms with van der Waals surface area (Å²) in [6, 6.07) is 0. The van der Waals surface area contributed by atoms with Gasteiger partial charge in [-0.05, 0) is 36.0 Å². The zero-order valence-corrected chi connectivity index (χ0v) is 7.41. The largest absolute Gasteiger partial charge is 0.0654 e. The maximum Gasteiger partial charge on any atom is -0.0206 e. The molecule has 0 saturated heterocycles. The van der Waals surface area contributed by atoms with E-state index < -0.39 is 0 Å². The van der Waals surface area contributed by atoms with Gasteiger partial charge in [0, 0.05) is 0 Å². The van der Waals surface area contributed by atoms with E-state index in [1.165, 1.54) is 19.3 Å². The summed E-state index contributed by atoms with van der Waals surface area (Å²) in [5.41, 5.74) is 1.67. The molecule has 2 saturated carbocycles. The highest BCUT2D eigenvalue weighted by Crippen LogP contribution is 2.90. The molecular weight excluding hydrogens is 120 g/mol. The van der Waals surface area contributed by atoms with Gasteiger partial charge in [-0.3, -0.25) is 0 Å². The van der Waals surface area contributed by atoms with Crippen molar-refractivity contribution < 1.29 is 0 Å². The monoisotopic (exact) mass is 138 g/mol. The van der Waals surface area contributed by atoms with E-state index >= 15 is 0 Å². The molecule has 0 N–H and O–H groups in total. The average Bonchev–Trinajstić information content (AvgIpc) is 2.74. The van der Waals surface area contributed by atoms with Crippen LogP contribution in [0.5, 0.6) is 0 Å². The fourth-order valence-corrected chi connectivity index (χ4v) is 3.32. The Balaban J connectivity index is 1.99. The lowest BCUT2D eigenvalue weighted by Gasteiger charge is -2.20.